The van der Waals surface area contributed by atoms with Crippen LogP contribution in [0.1, 0.15) is 25.7 Å². The van der Waals surface area contributed by atoms with Crippen LogP contribution in [0.2, 0.25) is 0 Å². The van der Waals surface area contributed by atoms with E-state index in [1.165, 1.54) is 4.90 Å². The van der Waals surface area contributed by atoms with E-state index in [2.05, 4.69) is 34.5 Å². The summed E-state index contributed by atoms with van der Waals surface area (Å²) in [5.74, 6) is 2.36. The van der Waals surface area contributed by atoms with Crippen LogP contribution in [0.3, 0.4) is 0 Å². The van der Waals surface area contributed by atoms with Crippen molar-refractivity contribution in [1.82, 2.24) is 15.5 Å². The quantitative estimate of drug-likeness (QED) is 0.786. The van der Waals surface area contributed by atoms with Gasteiger partial charge in [-0.25, -0.2) is 0 Å². The van der Waals surface area contributed by atoms with Crippen molar-refractivity contribution in [2.45, 2.75) is 37.2 Å². The second-order valence-corrected chi connectivity index (χ2v) is 6.88. The van der Waals surface area contributed by atoms with Crippen LogP contribution in [-0.4, -0.2) is 41.7 Å². The van der Waals surface area contributed by atoms with Gasteiger partial charge in [0.1, 0.15) is 0 Å². The molecule has 1 fully saturated rings. The van der Waals surface area contributed by atoms with Gasteiger partial charge in [-0.2, -0.15) is 4.98 Å². The molecule has 1 aliphatic heterocycles. The topological polar surface area (TPSA) is 60.2 Å². The van der Waals surface area contributed by atoms with E-state index >= 15 is 0 Å². The summed E-state index contributed by atoms with van der Waals surface area (Å²) in [6, 6.07) is 8.27. The smallest absolute Gasteiger partial charge is 0.229 e. The third-order valence-electron chi connectivity index (χ3n) is 3.85. The molecule has 2 aromatic rings. The third-order valence-corrected chi connectivity index (χ3v) is 4.74. The number of hydrogen-bond donors (Lipinski definition) is 1. The minimum atomic E-state index is 0.363. The highest BCUT2D eigenvalue weighted by molar-refractivity contribution is 7.99. The minimum Gasteiger partial charge on any atom is -0.378 e. The zero-order valence-electron chi connectivity index (χ0n) is 13.5. The average molecular weight is 333 g/mol. The van der Waals surface area contributed by atoms with Crippen LogP contribution in [0.25, 0.3) is 11.4 Å². The molecule has 124 valence electrons. The molecule has 3 rings (SSSR count). The summed E-state index contributed by atoms with van der Waals surface area (Å²) in [5, 5.41) is 7.40. The Morgan fingerprint density at radius 2 is 2.04 bits per heavy atom. The van der Waals surface area contributed by atoms with Crippen molar-refractivity contribution in [3.05, 3.63) is 30.2 Å². The Bertz CT molecular complexity index is 594. The zero-order chi connectivity index (χ0) is 15.9. The molecular weight excluding hydrogens is 310 g/mol. The highest BCUT2D eigenvalue weighted by Gasteiger charge is 2.14. The Labute approximate surface area is 141 Å². The number of nitrogens with zero attached hydrogens (tertiary/aromatic N) is 2. The average Bonchev–Trinajstić information content (AvgIpc) is 3.06. The normalized spacial score (nSPS) is 15.9. The predicted molar refractivity (Wildman–Crippen MR) is 91.7 cm³/mol. The summed E-state index contributed by atoms with van der Waals surface area (Å²) in [6.07, 6.45) is 3.19. The lowest BCUT2D eigenvalue weighted by molar-refractivity contribution is 0.0322. The molecule has 0 amide bonds. The van der Waals surface area contributed by atoms with Gasteiger partial charge in [0, 0.05) is 10.5 Å². The standard InChI is InChI=1S/C17H23N3O2S/c1-2-23-15-5-3-13(4-6-15)17-19-16(22-20-17)9-12-21-14-7-10-18-11-8-14/h3-6,14,18H,2,7-12H2,1H3. The lowest BCUT2D eigenvalue weighted by Crippen LogP contribution is -2.32. The maximum Gasteiger partial charge on any atom is 0.229 e. The molecule has 6 heteroatoms. The van der Waals surface area contributed by atoms with E-state index in [0.29, 0.717) is 30.8 Å². The summed E-state index contributed by atoms with van der Waals surface area (Å²) in [5.41, 5.74) is 0.986. The molecule has 23 heavy (non-hydrogen) atoms. The first-order valence-electron chi connectivity index (χ1n) is 8.23. The molecule has 1 saturated heterocycles. The van der Waals surface area contributed by atoms with E-state index in [0.717, 1.165) is 37.2 Å². The number of rotatable bonds is 7. The van der Waals surface area contributed by atoms with Gasteiger partial charge < -0.3 is 14.6 Å². The summed E-state index contributed by atoms with van der Waals surface area (Å²) in [7, 11) is 0. The van der Waals surface area contributed by atoms with Gasteiger partial charge in [0.15, 0.2) is 0 Å². The van der Waals surface area contributed by atoms with Gasteiger partial charge in [-0.1, -0.05) is 12.1 Å². The number of hydrogen-bond acceptors (Lipinski definition) is 6. The van der Waals surface area contributed by atoms with Crippen molar-refractivity contribution in [3.8, 4) is 11.4 Å². The molecule has 0 spiro atoms. The lowest BCUT2D eigenvalue weighted by atomic mass is 10.1. The fourth-order valence-electron chi connectivity index (χ4n) is 2.62. The first kappa shape index (κ1) is 16.5. The summed E-state index contributed by atoms with van der Waals surface area (Å²) in [6.45, 7) is 4.87. The number of nitrogens with one attached hydrogen (secondary N) is 1. The van der Waals surface area contributed by atoms with Crippen LogP contribution in [0, 0.1) is 0 Å². The van der Waals surface area contributed by atoms with Crippen LogP contribution in [0.15, 0.2) is 33.7 Å². The summed E-state index contributed by atoms with van der Waals surface area (Å²) in [4.78, 5) is 5.72. The molecule has 1 aliphatic rings. The van der Waals surface area contributed by atoms with E-state index in [4.69, 9.17) is 9.26 Å². The molecule has 0 atom stereocenters. The van der Waals surface area contributed by atoms with Crippen LogP contribution in [-0.2, 0) is 11.2 Å². The fraction of sp³-hybridized carbons (Fsp3) is 0.529. The van der Waals surface area contributed by atoms with Gasteiger partial charge in [0.05, 0.1) is 19.1 Å². The molecule has 0 saturated carbocycles. The van der Waals surface area contributed by atoms with E-state index in [9.17, 15) is 0 Å². The Morgan fingerprint density at radius 3 is 2.78 bits per heavy atom. The third kappa shape index (κ3) is 4.80. The Morgan fingerprint density at radius 1 is 1.26 bits per heavy atom. The molecule has 2 heterocycles. The molecular formula is C17H23N3O2S. The maximum absolute atomic E-state index is 5.87. The molecule has 5 nitrogen and oxygen atoms in total. The minimum absolute atomic E-state index is 0.363. The van der Waals surface area contributed by atoms with Gasteiger partial charge >= 0.3 is 0 Å². The van der Waals surface area contributed by atoms with E-state index in [-0.39, 0.29) is 0 Å². The Hall–Kier alpha value is -1.37. The van der Waals surface area contributed by atoms with Gasteiger partial charge in [0.25, 0.3) is 0 Å². The van der Waals surface area contributed by atoms with E-state index in [1.807, 2.05) is 23.9 Å². The van der Waals surface area contributed by atoms with Gasteiger partial charge in [-0.3, -0.25) is 0 Å². The van der Waals surface area contributed by atoms with E-state index in [1.54, 1.807) is 0 Å². The van der Waals surface area contributed by atoms with Crippen molar-refractivity contribution in [2.24, 2.45) is 0 Å². The first-order valence-corrected chi connectivity index (χ1v) is 9.22. The van der Waals surface area contributed by atoms with Gasteiger partial charge in [-0.15, -0.1) is 11.8 Å². The largest absolute Gasteiger partial charge is 0.378 e. The highest BCUT2D eigenvalue weighted by atomic mass is 32.2. The van der Waals surface area contributed by atoms with Crippen molar-refractivity contribution < 1.29 is 9.26 Å². The number of aromatic nitrogens is 2. The van der Waals surface area contributed by atoms with Crippen molar-refractivity contribution in [1.29, 1.82) is 0 Å². The number of thioether (sulfide) groups is 1. The number of ether oxygens (including phenoxy) is 1. The Kier molecular flexibility index (Phi) is 6.07. The predicted octanol–water partition coefficient (Wildman–Crippen LogP) is 3.16. The van der Waals surface area contributed by atoms with Gasteiger partial charge in [0.2, 0.25) is 11.7 Å². The molecule has 0 radical (unpaired) electrons. The SMILES string of the molecule is CCSc1ccc(-c2noc(CCOC3CCNCC3)n2)cc1. The molecule has 1 aromatic carbocycles. The fourth-order valence-corrected chi connectivity index (χ4v) is 3.28. The molecule has 0 bridgehead atoms. The first-order chi connectivity index (χ1) is 11.3. The van der Waals surface area contributed by atoms with Crippen LogP contribution < -0.4 is 5.32 Å². The number of piperidine rings is 1. The molecule has 0 unspecified atom stereocenters. The van der Waals surface area contributed by atoms with Crippen LogP contribution >= 0.6 is 11.8 Å². The Balaban J connectivity index is 1.51. The van der Waals surface area contributed by atoms with Crippen molar-refractivity contribution in [2.75, 3.05) is 25.4 Å². The monoisotopic (exact) mass is 333 g/mol. The van der Waals surface area contributed by atoms with E-state index < -0.39 is 0 Å². The number of benzene rings is 1. The molecule has 0 aliphatic carbocycles. The van der Waals surface area contributed by atoms with Crippen LogP contribution in [0.4, 0.5) is 0 Å². The summed E-state index contributed by atoms with van der Waals surface area (Å²) >= 11 is 1.82. The van der Waals surface area contributed by atoms with Gasteiger partial charge in [-0.05, 0) is 55.9 Å². The maximum atomic E-state index is 5.87. The second-order valence-electron chi connectivity index (χ2n) is 5.54. The zero-order valence-corrected chi connectivity index (χ0v) is 14.3. The van der Waals surface area contributed by atoms with Crippen molar-refractivity contribution in [3.63, 3.8) is 0 Å². The highest BCUT2D eigenvalue weighted by Crippen LogP contribution is 2.22. The lowest BCUT2D eigenvalue weighted by Gasteiger charge is -2.22. The summed E-state index contributed by atoms with van der Waals surface area (Å²) < 4.78 is 11.2. The second kappa shape index (κ2) is 8.47. The van der Waals surface area contributed by atoms with Crippen molar-refractivity contribution >= 4 is 11.8 Å². The molecule has 1 N–H and O–H groups in total. The van der Waals surface area contributed by atoms with Crippen LogP contribution in [0.5, 0.6) is 0 Å². The molecule has 1 aromatic heterocycles.